The standard InChI is InChI=1S/C14H19ClN4O2S/c1-11(2)14(9-19-16-6-7-17-19)18-22(20,21)10-12-4-3-5-13(15)8-12/h3-8,11,14,18H,9-10H2,1-2H3/t14-/m1/s1. The third kappa shape index (κ3) is 5.08. The maximum Gasteiger partial charge on any atom is 0.216 e. The Morgan fingerprint density at radius 2 is 1.95 bits per heavy atom. The van der Waals surface area contributed by atoms with E-state index in [0.717, 1.165) is 0 Å². The summed E-state index contributed by atoms with van der Waals surface area (Å²) in [6.45, 7) is 4.30. The lowest BCUT2D eigenvalue weighted by Crippen LogP contribution is -2.42. The number of benzene rings is 1. The molecular formula is C14H19ClN4O2S. The molecule has 8 heteroatoms. The SMILES string of the molecule is CC(C)[C@@H](Cn1nccn1)NS(=O)(=O)Cc1cccc(Cl)c1. The lowest BCUT2D eigenvalue weighted by molar-refractivity contribution is 0.361. The van der Waals surface area contributed by atoms with Crippen molar-refractivity contribution < 1.29 is 8.42 Å². The Kier molecular flexibility index (Phi) is 5.55. The fourth-order valence-electron chi connectivity index (χ4n) is 2.02. The predicted octanol–water partition coefficient (Wildman–Crippen LogP) is 2.08. The van der Waals surface area contributed by atoms with Crippen LogP contribution in [0.15, 0.2) is 36.7 Å². The van der Waals surface area contributed by atoms with Crippen LogP contribution >= 0.6 is 11.6 Å². The summed E-state index contributed by atoms with van der Waals surface area (Å²) in [5.41, 5.74) is 0.653. The molecule has 22 heavy (non-hydrogen) atoms. The van der Waals surface area contributed by atoms with E-state index in [4.69, 9.17) is 11.6 Å². The molecular weight excluding hydrogens is 324 g/mol. The first-order chi connectivity index (χ1) is 10.4. The number of sulfonamides is 1. The monoisotopic (exact) mass is 342 g/mol. The van der Waals surface area contributed by atoms with Gasteiger partial charge in [-0.05, 0) is 23.6 Å². The van der Waals surface area contributed by atoms with Crippen LogP contribution in [0, 0.1) is 5.92 Å². The number of nitrogens with zero attached hydrogens (tertiary/aromatic N) is 3. The number of hydrogen-bond donors (Lipinski definition) is 1. The maximum absolute atomic E-state index is 12.4. The van der Waals surface area contributed by atoms with Gasteiger partial charge in [0.05, 0.1) is 24.7 Å². The predicted molar refractivity (Wildman–Crippen MR) is 85.9 cm³/mol. The van der Waals surface area contributed by atoms with Crippen molar-refractivity contribution in [3.8, 4) is 0 Å². The average Bonchev–Trinajstić information content (AvgIpc) is 2.90. The van der Waals surface area contributed by atoms with Crippen molar-refractivity contribution in [1.82, 2.24) is 19.7 Å². The van der Waals surface area contributed by atoms with Crippen LogP contribution < -0.4 is 4.72 Å². The Labute approximate surface area is 135 Å². The topological polar surface area (TPSA) is 76.9 Å². The molecule has 0 spiro atoms. The van der Waals surface area contributed by atoms with E-state index in [1.807, 2.05) is 13.8 Å². The summed E-state index contributed by atoms with van der Waals surface area (Å²) in [5.74, 6) is 0.00342. The molecule has 1 aromatic heterocycles. The highest BCUT2D eigenvalue weighted by atomic mass is 35.5. The Morgan fingerprint density at radius 3 is 2.55 bits per heavy atom. The second-order valence-corrected chi connectivity index (χ2v) is 7.63. The molecule has 0 fully saturated rings. The summed E-state index contributed by atoms with van der Waals surface area (Å²) >= 11 is 5.89. The van der Waals surface area contributed by atoms with Crippen LogP contribution in [0.4, 0.5) is 0 Å². The highest BCUT2D eigenvalue weighted by molar-refractivity contribution is 7.88. The molecule has 1 heterocycles. The van der Waals surface area contributed by atoms with Crippen LogP contribution in [-0.2, 0) is 22.3 Å². The van der Waals surface area contributed by atoms with Gasteiger partial charge in [0.25, 0.3) is 0 Å². The van der Waals surface area contributed by atoms with Gasteiger partial charge in [-0.2, -0.15) is 15.0 Å². The van der Waals surface area contributed by atoms with Crippen LogP contribution in [0.25, 0.3) is 0 Å². The summed E-state index contributed by atoms with van der Waals surface area (Å²) in [6, 6.07) is 6.56. The summed E-state index contributed by atoms with van der Waals surface area (Å²) in [4.78, 5) is 1.48. The zero-order valence-corrected chi connectivity index (χ0v) is 14.0. The van der Waals surface area contributed by atoms with Crippen LogP contribution in [0.2, 0.25) is 5.02 Å². The van der Waals surface area contributed by atoms with Crippen LogP contribution in [0.5, 0.6) is 0 Å². The molecule has 0 amide bonds. The van der Waals surface area contributed by atoms with E-state index in [-0.39, 0.29) is 17.7 Å². The first-order valence-corrected chi connectivity index (χ1v) is 8.97. The molecule has 0 aliphatic heterocycles. The fraction of sp³-hybridized carbons (Fsp3) is 0.429. The molecule has 120 valence electrons. The maximum atomic E-state index is 12.4. The van der Waals surface area contributed by atoms with Crippen LogP contribution in [0.1, 0.15) is 19.4 Å². The summed E-state index contributed by atoms with van der Waals surface area (Å²) < 4.78 is 27.4. The molecule has 0 unspecified atom stereocenters. The van der Waals surface area contributed by atoms with E-state index in [9.17, 15) is 8.42 Å². The molecule has 0 aliphatic rings. The van der Waals surface area contributed by atoms with E-state index in [0.29, 0.717) is 17.1 Å². The van der Waals surface area contributed by atoms with Crippen molar-refractivity contribution >= 4 is 21.6 Å². The minimum atomic E-state index is -3.48. The highest BCUT2D eigenvalue weighted by Crippen LogP contribution is 2.14. The molecule has 0 saturated carbocycles. The molecule has 1 N–H and O–H groups in total. The molecule has 2 rings (SSSR count). The lowest BCUT2D eigenvalue weighted by Gasteiger charge is -2.21. The third-order valence-electron chi connectivity index (χ3n) is 3.21. The van der Waals surface area contributed by atoms with Gasteiger partial charge in [-0.3, -0.25) is 0 Å². The number of aromatic nitrogens is 3. The van der Waals surface area contributed by atoms with E-state index >= 15 is 0 Å². The van der Waals surface area contributed by atoms with Gasteiger partial charge in [0.2, 0.25) is 10.0 Å². The van der Waals surface area contributed by atoms with Gasteiger partial charge in [0.1, 0.15) is 0 Å². The van der Waals surface area contributed by atoms with Gasteiger partial charge in [-0.1, -0.05) is 37.6 Å². The Morgan fingerprint density at radius 1 is 1.27 bits per heavy atom. The second kappa shape index (κ2) is 7.21. The van der Waals surface area contributed by atoms with Crippen molar-refractivity contribution in [2.75, 3.05) is 0 Å². The average molecular weight is 343 g/mol. The van der Waals surface area contributed by atoms with E-state index in [2.05, 4.69) is 14.9 Å². The lowest BCUT2D eigenvalue weighted by atomic mass is 10.1. The number of halogens is 1. The minimum absolute atomic E-state index is 0.108. The first-order valence-electron chi connectivity index (χ1n) is 6.94. The normalized spacial score (nSPS) is 13.5. The Hall–Kier alpha value is -1.44. The summed E-state index contributed by atoms with van der Waals surface area (Å²) in [7, 11) is -3.48. The van der Waals surface area contributed by atoms with Gasteiger partial charge in [0.15, 0.2) is 0 Å². The van der Waals surface area contributed by atoms with Crippen molar-refractivity contribution in [2.24, 2.45) is 5.92 Å². The summed E-state index contributed by atoms with van der Waals surface area (Å²) in [6.07, 6.45) is 3.13. The van der Waals surface area contributed by atoms with Crippen molar-refractivity contribution in [3.63, 3.8) is 0 Å². The molecule has 0 radical (unpaired) electrons. The quantitative estimate of drug-likeness (QED) is 0.835. The van der Waals surface area contributed by atoms with Crippen LogP contribution in [-0.4, -0.2) is 29.5 Å². The van der Waals surface area contributed by atoms with Crippen molar-refractivity contribution in [3.05, 3.63) is 47.2 Å². The number of nitrogens with one attached hydrogen (secondary N) is 1. The number of hydrogen-bond acceptors (Lipinski definition) is 4. The molecule has 0 saturated heterocycles. The highest BCUT2D eigenvalue weighted by Gasteiger charge is 2.22. The Bertz CT molecular complexity index is 701. The van der Waals surface area contributed by atoms with Crippen molar-refractivity contribution in [1.29, 1.82) is 0 Å². The van der Waals surface area contributed by atoms with Gasteiger partial charge in [-0.15, -0.1) is 0 Å². The van der Waals surface area contributed by atoms with Gasteiger partial charge >= 0.3 is 0 Å². The molecule has 0 aliphatic carbocycles. The minimum Gasteiger partial charge on any atom is -0.212 e. The Balaban J connectivity index is 2.07. The second-order valence-electron chi connectivity index (χ2n) is 5.44. The zero-order chi connectivity index (χ0) is 16.2. The fourth-order valence-corrected chi connectivity index (χ4v) is 3.74. The first kappa shape index (κ1) is 16.9. The summed E-state index contributed by atoms with van der Waals surface area (Å²) in [5, 5.41) is 8.56. The van der Waals surface area contributed by atoms with Gasteiger partial charge in [-0.25, -0.2) is 13.1 Å². The van der Waals surface area contributed by atoms with Crippen LogP contribution in [0.3, 0.4) is 0 Å². The molecule has 1 atom stereocenters. The molecule has 2 aromatic rings. The molecule has 6 nitrogen and oxygen atoms in total. The van der Waals surface area contributed by atoms with E-state index < -0.39 is 10.0 Å². The van der Waals surface area contributed by atoms with E-state index in [1.54, 1.807) is 36.7 Å². The molecule has 1 aromatic carbocycles. The zero-order valence-electron chi connectivity index (χ0n) is 12.5. The molecule has 0 bridgehead atoms. The van der Waals surface area contributed by atoms with E-state index in [1.165, 1.54) is 4.80 Å². The van der Waals surface area contributed by atoms with Gasteiger partial charge in [0, 0.05) is 11.1 Å². The van der Waals surface area contributed by atoms with Crippen molar-refractivity contribution in [2.45, 2.75) is 32.2 Å². The third-order valence-corrected chi connectivity index (χ3v) is 4.82. The van der Waals surface area contributed by atoms with Gasteiger partial charge < -0.3 is 0 Å². The largest absolute Gasteiger partial charge is 0.216 e. The number of rotatable bonds is 7. The smallest absolute Gasteiger partial charge is 0.212 e.